The molecule has 0 aliphatic carbocycles. The topological polar surface area (TPSA) is 98.8 Å². The summed E-state index contributed by atoms with van der Waals surface area (Å²) in [4.78, 5) is 19.0. The SMILES string of the molecule is C=CC(=C)N1CCCC(Nc2nc(Nc3ccc(OCCO)cc3)c3c(c2F)CNC3=O)C1. The van der Waals surface area contributed by atoms with Crippen molar-refractivity contribution in [1.29, 1.82) is 0 Å². The van der Waals surface area contributed by atoms with Gasteiger partial charge < -0.3 is 30.7 Å². The first-order chi connectivity index (χ1) is 16.0. The second-order valence-electron chi connectivity index (χ2n) is 8.01. The molecule has 9 heteroatoms. The summed E-state index contributed by atoms with van der Waals surface area (Å²) in [5.74, 6) is 0.138. The van der Waals surface area contributed by atoms with Crippen molar-refractivity contribution in [2.24, 2.45) is 0 Å². The third kappa shape index (κ3) is 4.93. The molecule has 33 heavy (non-hydrogen) atoms. The molecule has 1 amide bonds. The number of carbonyl (C=O) groups is 1. The standard InChI is InChI=1S/C24H28FN5O3/c1-3-15(2)30-10-4-5-17(14-30)28-23-21(25)19-13-26-24(32)20(19)22(29-23)27-16-6-8-18(9-7-16)33-12-11-31/h3,6-9,17,31H,1-2,4-5,10-14H2,(H,26,32)(H2,27,28,29). The maximum absolute atomic E-state index is 15.3. The minimum atomic E-state index is -0.513. The van der Waals surface area contributed by atoms with Crippen molar-refractivity contribution in [2.45, 2.75) is 25.4 Å². The number of nitrogens with one attached hydrogen (secondary N) is 3. The van der Waals surface area contributed by atoms with Gasteiger partial charge in [0.25, 0.3) is 5.91 Å². The molecule has 1 saturated heterocycles. The summed E-state index contributed by atoms with van der Waals surface area (Å²) in [6.45, 7) is 9.58. The van der Waals surface area contributed by atoms with Crippen LogP contribution in [0.2, 0.25) is 0 Å². The number of hydrogen-bond donors (Lipinski definition) is 4. The first-order valence-corrected chi connectivity index (χ1v) is 10.9. The van der Waals surface area contributed by atoms with E-state index in [9.17, 15) is 4.79 Å². The van der Waals surface area contributed by atoms with E-state index in [2.05, 4.69) is 39.0 Å². The van der Waals surface area contributed by atoms with Gasteiger partial charge in [0.15, 0.2) is 11.6 Å². The minimum absolute atomic E-state index is 0.0172. The molecule has 2 aromatic rings. The zero-order valence-corrected chi connectivity index (χ0v) is 18.4. The summed E-state index contributed by atoms with van der Waals surface area (Å²) in [7, 11) is 0. The van der Waals surface area contributed by atoms with Gasteiger partial charge in [-0.25, -0.2) is 9.37 Å². The molecule has 2 aliphatic rings. The van der Waals surface area contributed by atoms with Crippen molar-refractivity contribution in [3.63, 3.8) is 0 Å². The Kier molecular flexibility index (Phi) is 6.79. The Morgan fingerprint density at radius 1 is 1.36 bits per heavy atom. The van der Waals surface area contributed by atoms with Crippen LogP contribution in [0, 0.1) is 5.82 Å². The van der Waals surface area contributed by atoms with Gasteiger partial charge in [0.2, 0.25) is 0 Å². The number of anilines is 3. The summed E-state index contributed by atoms with van der Waals surface area (Å²) in [5, 5.41) is 17.9. The molecule has 0 bridgehead atoms. The van der Waals surface area contributed by atoms with E-state index in [-0.39, 0.29) is 48.9 Å². The molecule has 4 N–H and O–H groups in total. The highest BCUT2D eigenvalue weighted by atomic mass is 19.1. The van der Waals surface area contributed by atoms with Crippen LogP contribution in [0.25, 0.3) is 0 Å². The molecular formula is C24H28FN5O3. The second kappa shape index (κ2) is 9.91. The fourth-order valence-corrected chi connectivity index (χ4v) is 4.08. The Labute approximate surface area is 192 Å². The number of aliphatic hydroxyl groups excluding tert-OH is 1. The molecule has 1 aromatic heterocycles. The number of pyridine rings is 1. The van der Waals surface area contributed by atoms with Crippen molar-refractivity contribution in [2.75, 3.05) is 36.9 Å². The number of hydrogen-bond acceptors (Lipinski definition) is 7. The number of halogens is 1. The Bertz CT molecular complexity index is 1060. The van der Waals surface area contributed by atoms with Gasteiger partial charge in [-0.05, 0) is 43.2 Å². The summed E-state index contributed by atoms with van der Waals surface area (Å²) in [5.41, 5.74) is 2.02. The largest absolute Gasteiger partial charge is 0.491 e. The van der Waals surface area contributed by atoms with Gasteiger partial charge in [0, 0.05) is 42.6 Å². The van der Waals surface area contributed by atoms with Crippen LogP contribution >= 0.6 is 0 Å². The Morgan fingerprint density at radius 3 is 2.88 bits per heavy atom. The number of ether oxygens (including phenoxy) is 1. The summed E-state index contributed by atoms with van der Waals surface area (Å²) in [6.07, 6.45) is 3.53. The number of rotatable bonds is 9. The molecule has 2 aliphatic heterocycles. The van der Waals surface area contributed by atoms with Crippen LogP contribution in [0.5, 0.6) is 5.75 Å². The quantitative estimate of drug-likeness (QED) is 0.433. The number of likely N-dealkylation sites (tertiary alicyclic amines) is 1. The molecule has 1 fully saturated rings. The van der Waals surface area contributed by atoms with Gasteiger partial charge in [-0.3, -0.25) is 4.79 Å². The van der Waals surface area contributed by atoms with Crippen LogP contribution in [0.1, 0.15) is 28.8 Å². The average Bonchev–Trinajstić information content (AvgIpc) is 3.23. The molecule has 174 valence electrons. The molecule has 4 rings (SSSR count). The van der Waals surface area contributed by atoms with Crippen molar-refractivity contribution < 1.29 is 19.0 Å². The van der Waals surface area contributed by atoms with Gasteiger partial charge in [-0.15, -0.1) is 0 Å². The van der Waals surface area contributed by atoms with Gasteiger partial charge in [-0.1, -0.05) is 13.2 Å². The average molecular weight is 454 g/mol. The van der Waals surface area contributed by atoms with E-state index in [4.69, 9.17) is 9.84 Å². The number of amides is 1. The van der Waals surface area contributed by atoms with Crippen LogP contribution in [-0.4, -0.2) is 53.2 Å². The van der Waals surface area contributed by atoms with Gasteiger partial charge in [0.1, 0.15) is 18.2 Å². The van der Waals surface area contributed by atoms with Crippen molar-refractivity contribution in [1.82, 2.24) is 15.2 Å². The lowest BCUT2D eigenvalue weighted by Crippen LogP contribution is -2.41. The van der Waals surface area contributed by atoms with Crippen LogP contribution in [0.3, 0.4) is 0 Å². The summed E-state index contributed by atoms with van der Waals surface area (Å²) in [6, 6.07) is 7.00. The molecule has 0 saturated carbocycles. The Hall–Kier alpha value is -3.59. The maximum Gasteiger partial charge on any atom is 0.255 e. The van der Waals surface area contributed by atoms with E-state index in [1.54, 1.807) is 30.3 Å². The number of benzene rings is 1. The van der Waals surface area contributed by atoms with Crippen LogP contribution in [-0.2, 0) is 6.54 Å². The van der Waals surface area contributed by atoms with Gasteiger partial charge in [-0.2, -0.15) is 0 Å². The number of fused-ring (bicyclic) bond motifs is 1. The predicted molar refractivity (Wildman–Crippen MR) is 125 cm³/mol. The first kappa shape index (κ1) is 22.6. The third-order valence-electron chi connectivity index (χ3n) is 5.77. The molecule has 0 radical (unpaired) electrons. The zero-order chi connectivity index (χ0) is 23.4. The number of aromatic nitrogens is 1. The monoisotopic (exact) mass is 453 g/mol. The molecular weight excluding hydrogens is 425 g/mol. The van der Waals surface area contributed by atoms with Crippen molar-refractivity contribution >= 4 is 23.2 Å². The zero-order valence-electron chi connectivity index (χ0n) is 18.4. The lowest BCUT2D eigenvalue weighted by atomic mass is 10.0. The van der Waals surface area contributed by atoms with E-state index < -0.39 is 5.82 Å². The fourth-order valence-electron chi connectivity index (χ4n) is 4.08. The van der Waals surface area contributed by atoms with Gasteiger partial charge in [0.05, 0.1) is 12.2 Å². The fraction of sp³-hybridized carbons (Fsp3) is 0.333. The van der Waals surface area contributed by atoms with Crippen molar-refractivity contribution in [3.8, 4) is 5.75 Å². The van der Waals surface area contributed by atoms with Crippen LogP contribution in [0.4, 0.5) is 21.7 Å². The lowest BCUT2D eigenvalue weighted by molar-refractivity contribution is 0.0966. The predicted octanol–water partition coefficient (Wildman–Crippen LogP) is 3.15. The third-order valence-corrected chi connectivity index (χ3v) is 5.77. The number of carbonyl (C=O) groups excluding carboxylic acids is 1. The number of nitrogens with zero attached hydrogens (tertiary/aromatic N) is 2. The highest BCUT2D eigenvalue weighted by molar-refractivity contribution is 6.03. The van der Waals surface area contributed by atoms with Crippen LogP contribution in [0.15, 0.2) is 49.2 Å². The van der Waals surface area contributed by atoms with E-state index >= 15 is 4.39 Å². The maximum atomic E-state index is 15.3. The Balaban J connectivity index is 1.58. The van der Waals surface area contributed by atoms with E-state index in [1.807, 2.05) is 0 Å². The molecule has 8 nitrogen and oxygen atoms in total. The van der Waals surface area contributed by atoms with E-state index in [1.165, 1.54) is 0 Å². The summed E-state index contributed by atoms with van der Waals surface area (Å²) >= 11 is 0. The van der Waals surface area contributed by atoms with Gasteiger partial charge >= 0.3 is 0 Å². The minimum Gasteiger partial charge on any atom is -0.491 e. The highest BCUT2D eigenvalue weighted by Gasteiger charge is 2.31. The molecule has 1 unspecified atom stereocenters. The molecule has 1 atom stereocenters. The Morgan fingerprint density at radius 2 is 2.15 bits per heavy atom. The normalized spacial score (nSPS) is 17.2. The van der Waals surface area contributed by atoms with Crippen molar-refractivity contribution in [3.05, 3.63) is 66.1 Å². The number of allylic oxidation sites excluding steroid dienone is 1. The number of aliphatic hydroxyl groups is 1. The highest BCUT2D eigenvalue weighted by Crippen LogP contribution is 2.32. The first-order valence-electron chi connectivity index (χ1n) is 10.9. The number of piperidine rings is 1. The molecule has 3 heterocycles. The van der Waals surface area contributed by atoms with E-state index in [0.717, 1.165) is 25.1 Å². The lowest BCUT2D eigenvalue weighted by Gasteiger charge is -2.35. The molecule has 1 aromatic carbocycles. The molecule has 0 spiro atoms. The van der Waals surface area contributed by atoms with E-state index in [0.29, 0.717) is 23.5 Å². The van der Waals surface area contributed by atoms with Crippen LogP contribution < -0.4 is 20.7 Å². The second-order valence-corrected chi connectivity index (χ2v) is 8.01. The summed E-state index contributed by atoms with van der Waals surface area (Å²) < 4.78 is 20.7. The smallest absolute Gasteiger partial charge is 0.255 e.